The highest BCUT2D eigenvalue weighted by molar-refractivity contribution is 6.07. The number of nitrogens with zero attached hydrogens (tertiary/aromatic N) is 1. The summed E-state index contributed by atoms with van der Waals surface area (Å²) in [4.78, 5) is 37.3. The van der Waals surface area contributed by atoms with E-state index in [1.165, 1.54) is 0 Å². The van der Waals surface area contributed by atoms with Crippen LogP contribution in [0.1, 0.15) is 51.0 Å². The van der Waals surface area contributed by atoms with Gasteiger partial charge in [-0.1, -0.05) is 49.6 Å². The van der Waals surface area contributed by atoms with Crippen LogP contribution in [0.5, 0.6) is 0 Å². The van der Waals surface area contributed by atoms with Crippen LogP contribution < -0.4 is 10.7 Å². The summed E-state index contributed by atoms with van der Waals surface area (Å²) in [6.07, 6.45) is 5.98. The number of rotatable bonds is 5. The van der Waals surface area contributed by atoms with Crippen molar-refractivity contribution in [2.75, 3.05) is 0 Å². The van der Waals surface area contributed by atoms with Crippen molar-refractivity contribution < 1.29 is 14.4 Å². The van der Waals surface area contributed by atoms with Crippen LogP contribution in [0.15, 0.2) is 30.3 Å². The van der Waals surface area contributed by atoms with Gasteiger partial charge in [-0.25, -0.2) is 4.79 Å². The quantitative estimate of drug-likeness (QED) is 0.807. The van der Waals surface area contributed by atoms with Gasteiger partial charge in [0.1, 0.15) is 5.54 Å². The Bertz CT molecular complexity index is 655. The van der Waals surface area contributed by atoms with E-state index in [2.05, 4.69) is 10.7 Å². The number of urea groups is 1. The van der Waals surface area contributed by atoms with E-state index in [0.29, 0.717) is 12.8 Å². The zero-order valence-corrected chi connectivity index (χ0v) is 14.6. The molecule has 6 heteroatoms. The summed E-state index contributed by atoms with van der Waals surface area (Å²) in [5.74, 6) is -0.723. The van der Waals surface area contributed by atoms with E-state index in [0.717, 1.165) is 42.7 Å². The lowest BCUT2D eigenvalue weighted by molar-refractivity contribution is -0.140. The number of amides is 4. The molecule has 0 spiro atoms. The van der Waals surface area contributed by atoms with E-state index in [4.69, 9.17) is 0 Å². The molecule has 1 aromatic rings. The molecule has 1 saturated carbocycles. The van der Waals surface area contributed by atoms with Crippen molar-refractivity contribution in [2.24, 2.45) is 5.92 Å². The molecule has 1 aromatic carbocycles. The van der Waals surface area contributed by atoms with Crippen molar-refractivity contribution in [3.05, 3.63) is 35.9 Å². The number of imide groups is 1. The molecular formula is C19H25N3O3. The van der Waals surface area contributed by atoms with E-state index >= 15 is 0 Å². The number of aryl methyl sites for hydroxylation is 1. The van der Waals surface area contributed by atoms with Gasteiger partial charge >= 0.3 is 6.03 Å². The molecule has 1 unspecified atom stereocenters. The molecule has 2 N–H and O–H groups in total. The Morgan fingerprint density at radius 2 is 1.88 bits per heavy atom. The third-order valence-corrected chi connectivity index (χ3v) is 5.22. The van der Waals surface area contributed by atoms with Crippen molar-refractivity contribution in [3.63, 3.8) is 0 Å². The summed E-state index contributed by atoms with van der Waals surface area (Å²) in [5.41, 5.74) is 2.65. The molecule has 2 fully saturated rings. The molecule has 0 aromatic heterocycles. The SMILES string of the molecule is CC1(CCc2ccccc2)NC(=O)N(NC(=O)C2CCCCC2)C1=O. The first-order valence-corrected chi connectivity index (χ1v) is 9.01. The highest BCUT2D eigenvalue weighted by Crippen LogP contribution is 2.25. The first kappa shape index (κ1) is 17.5. The predicted octanol–water partition coefficient (Wildman–Crippen LogP) is 2.54. The van der Waals surface area contributed by atoms with E-state index in [9.17, 15) is 14.4 Å². The minimum absolute atomic E-state index is 0.106. The number of carbonyl (C=O) groups is 3. The average molecular weight is 343 g/mol. The number of carbonyl (C=O) groups excluding carboxylic acids is 3. The molecule has 1 heterocycles. The highest BCUT2D eigenvalue weighted by Gasteiger charge is 2.48. The Morgan fingerprint density at radius 1 is 1.20 bits per heavy atom. The summed E-state index contributed by atoms with van der Waals surface area (Å²) < 4.78 is 0. The van der Waals surface area contributed by atoms with Crippen LogP contribution in [0.4, 0.5) is 4.79 Å². The van der Waals surface area contributed by atoms with Crippen LogP contribution in [0.25, 0.3) is 0 Å². The van der Waals surface area contributed by atoms with Gasteiger partial charge in [0.15, 0.2) is 0 Å². The van der Waals surface area contributed by atoms with Crippen LogP contribution in [-0.2, 0) is 16.0 Å². The van der Waals surface area contributed by atoms with Gasteiger partial charge in [0.25, 0.3) is 5.91 Å². The molecule has 3 rings (SSSR count). The summed E-state index contributed by atoms with van der Waals surface area (Å²) >= 11 is 0. The summed E-state index contributed by atoms with van der Waals surface area (Å²) in [6, 6.07) is 9.27. The first-order chi connectivity index (χ1) is 12.0. The third kappa shape index (κ3) is 3.83. The molecule has 0 bridgehead atoms. The van der Waals surface area contributed by atoms with E-state index in [1.54, 1.807) is 6.92 Å². The molecule has 134 valence electrons. The normalized spacial score (nSPS) is 24.3. The van der Waals surface area contributed by atoms with Crippen molar-refractivity contribution in [1.29, 1.82) is 0 Å². The number of benzene rings is 1. The van der Waals surface area contributed by atoms with Gasteiger partial charge in [-0.3, -0.25) is 15.0 Å². The molecule has 2 aliphatic rings. The van der Waals surface area contributed by atoms with E-state index in [-0.39, 0.29) is 11.8 Å². The van der Waals surface area contributed by atoms with Crippen LogP contribution >= 0.6 is 0 Å². The molecule has 25 heavy (non-hydrogen) atoms. The van der Waals surface area contributed by atoms with Crippen molar-refractivity contribution in [2.45, 2.75) is 57.4 Å². The molecule has 4 amide bonds. The van der Waals surface area contributed by atoms with E-state index < -0.39 is 17.5 Å². The molecular weight excluding hydrogens is 318 g/mol. The zero-order valence-electron chi connectivity index (χ0n) is 14.6. The first-order valence-electron chi connectivity index (χ1n) is 9.01. The maximum Gasteiger partial charge on any atom is 0.344 e. The number of hydrogen-bond acceptors (Lipinski definition) is 3. The second-order valence-corrected chi connectivity index (χ2v) is 7.20. The van der Waals surface area contributed by atoms with Gasteiger partial charge < -0.3 is 5.32 Å². The fourth-order valence-electron chi connectivity index (χ4n) is 3.56. The minimum atomic E-state index is -0.993. The molecule has 1 atom stereocenters. The lowest BCUT2D eigenvalue weighted by Gasteiger charge is -2.24. The zero-order chi connectivity index (χ0) is 17.9. The van der Waals surface area contributed by atoms with Crippen molar-refractivity contribution in [1.82, 2.24) is 15.8 Å². The van der Waals surface area contributed by atoms with Gasteiger partial charge in [0.2, 0.25) is 5.91 Å². The molecule has 1 saturated heterocycles. The smallest absolute Gasteiger partial charge is 0.322 e. The fraction of sp³-hybridized carbons (Fsp3) is 0.526. The van der Waals surface area contributed by atoms with Gasteiger partial charge in [0, 0.05) is 5.92 Å². The maximum absolute atomic E-state index is 12.7. The third-order valence-electron chi connectivity index (χ3n) is 5.22. The van der Waals surface area contributed by atoms with E-state index in [1.807, 2.05) is 30.3 Å². The average Bonchev–Trinajstić information content (AvgIpc) is 2.85. The largest absolute Gasteiger partial charge is 0.344 e. The molecule has 1 aliphatic heterocycles. The Kier molecular flexibility index (Phi) is 5.06. The summed E-state index contributed by atoms with van der Waals surface area (Å²) in [7, 11) is 0. The molecule has 6 nitrogen and oxygen atoms in total. The second kappa shape index (κ2) is 7.25. The van der Waals surface area contributed by atoms with Crippen LogP contribution in [-0.4, -0.2) is 28.4 Å². The fourth-order valence-corrected chi connectivity index (χ4v) is 3.56. The minimum Gasteiger partial charge on any atom is -0.322 e. The van der Waals surface area contributed by atoms with Gasteiger partial charge in [-0.15, -0.1) is 0 Å². The van der Waals surface area contributed by atoms with Gasteiger partial charge in [-0.2, -0.15) is 5.01 Å². The predicted molar refractivity (Wildman–Crippen MR) is 93.3 cm³/mol. The Morgan fingerprint density at radius 3 is 2.56 bits per heavy atom. The number of hydrazine groups is 1. The number of nitrogens with one attached hydrogen (secondary N) is 2. The summed E-state index contributed by atoms with van der Waals surface area (Å²) in [6.45, 7) is 1.71. The van der Waals surface area contributed by atoms with Crippen molar-refractivity contribution in [3.8, 4) is 0 Å². The monoisotopic (exact) mass is 343 g/mol. The number of hydrogen-bond donors (Lipinski definition) is 2. The lowest BCUT2D eigenvalue weighted by atomic mass is 9.89. The Labute approximate surface area is 147 Å². The summed E-state index contributed by atoms with van der Waals surface area (Å²) in [5, 5.41) is 3.59. The van der Waals surface area contributed by atoms with Crippen molar-refractivity contribution >= 4 is 17.8 Å². The lowest BCUT2D eigenvalue weighted by Crippen LogP contribution is -2.50. The van der Waals surface area contributed by atoms with Gasteiger partial charge in [0.05, 0.1) is 0 Å². The Hall–Kier alpha value is -2.37. The highest BCUT2D eigenvalue weighted by atomic mass is 16.2. The second-order valence-electron chi connectivity index (χ2n) is 7.20. The van der Waals surface area contributed by atoms with Crippen LogP contribution in [0, 0.1) is 5.92 Å². The topological polar surface area (TPSA) is 78.5 Å². The maximum atomic E-state index is 12.7. The van der Waals surface area contributed by atoms with Crippen LogP contribution in [0.2, 0.25) is 0 Å². The molecule has 0 radical (unpaired) electrons. The molecule has 1 aliphatic carbocycles. The standard InChI is InChI=1S/C19H25N3O3/c1-19(13-12-14-8-4-2-5-9-14)17(24)22(18(25)20-19)21-16(23)15-10-6-3-7-11-15/h2,4-5,8-9,15H,3,6-7,10-13H2,1H3,(H,20,25)(H,21,23). The Balaban J connectivity index is 1.61. The van der Waals surface area contributed by atoms with Crippen LogP contribution in [0.3, 0.4) is 0 Å². The van der Waals surface area contributed by atoms with Gasteiger partial charge in [-0.05, 0) is 38.2 Å².